The van der Waals surface area contributed by atoms with Crippen molar-refractivity contribution in [1.82, 2.24) is 10.2 Å². The summed E-state index contributed by atoms with van der Waals surface area (Å²) in [6.45, 7) is 0. The lowest BCUT2D eigenvalue weighted by molar-refractivity contribution is -0.152. The largest absolute Gasteiger partial charge is 0.329 e. The third-order valence-corrected chi connectivity index (χ3v) is 5.35. The van der Waals surface area contributed by atoms with Crippen molar-refractivity contribution in [2.24, 2.45) is 5.92 Å². The molecule has 0 bridgehead atoms. The lowest BCUT2D eigenvalue weighted by Crippen LogP contribution is -2.67. The van der Waals surface area contributed by atoms with Crippen molar-refractivity contribution in [2.45, 2.75) is 37.4 Å². The van der Waals surface area contributed by atoms with Gasteiger partial charge in [0.1, 0.15) is 5.66 Å². The van der Waals surface area contributed by atoms with E-state index in [-0.39, 0.29) is 23.8 Å². The summed E-state index contributed by atoms with van der Waals surface area (Å²) in [5, 5.41) is 3.80. The molecule has 0 unspecified atom stereocenters. The van der Waals surface area contributed by atoms with Gasteiger partial charge in [0.05, 0.1) is 5.92 Å². The van der Waals surface area contributed by atoms with Gasteiger partial charge in [-0.1, -0.05) is 35.9 Å². The van der Waals surface area contributed by atoms with E-state index >= 15 is 0 Å². The average Bonchev–Trinajstić information content (AvgIpc) is 2.86. The Morgan fingerprint density at radius 3 is 2.64 bits per heavy atom. The number of nitrogens with one attached hydrogen (secondary N) is 1. The summed E-state index contributed by atoms with van der Waals surface area (Å²) in [7, 11) is 0. The van der Waals surface area contributed by atoms with Crippen LogP contribution in [0.25, 0.3) is 0 Å². The minimum Gasteiger partial charge on any atom is -0.329 e. The number of halogens is 1. The van der Waals surface area contributed by atoms with E-state index in [1.165, 1.54) is 0 Å². The highest BCUT2D eigenvalue weighted by Gasteiger charge is 2.56. The smallest absolute Gasteiger partial charge is 0.227 e. The molecular formula is C17H17ClN2O2. The average molecular weight is 317 g/mol. The molecule has 4 nitrogen and oxygen atoms in total. The second-order valence-electron chi connectivity index (χ2n) is 6.24. The zero-order valence-electron chi connectivity index (χ0n) is 12.1. The van der Waals surface area contributed by atoms with Gasteiger partial charge in [-0.25, -0.2) is 0 Å². The Hall–Kier alpha value is -1.81. The highest BCUT2D eigenvalue weighted by molar-refractivity contribution is 6.30. The predicted octanol–water partition coefficient (Wildman–Crippen LogP) is 2.58. The number of allylic oxidation sites excluding steroid dienone is 1. The second kappa shape index (κ2) is 4.85. The predicted molar refractivity (Wildman–Crippen MR) is 83.0 cm³/mol. The first-order valence-electron chi connectivity index (χ1n) is 7.67. The van der Waals surface area contributed by atoms with Crippen LogP contribution >= 0.6 is 11.6 Å². The molecule has 2 fully saturated rings. The van der Waals surface area contributed by atoms with Crippen molar-refractivity contribution in [3.63, 3.8) is 0 Å². The minimum absolute atomic E-state index is 0.0376. The number of hydrogen-bond donors (Lipinski definition) is 1. The van der Waals surface area contributed by atoms with Gasteiger partial charge >= 0.3 is 0 Å². The van der Waals surface area contributed by atoms with Gasteiger partial charge in [0.25, 0.3) is 0 Å². The number of hydrogen-bond acceptors (Lipinski definition) is 2. The van der Waals surface area contributed by atoms with Gasteiger partial charge in [-0.3, -0.25) is 9.59 Å². The van der Waals surface area contributed by atoms with E-state index in [2.05, 4.69) is 11.4 Å². The molecule has 2 amide bonds. The quantitative estimate of drug-likeness (QED) is 0.810. The molecule has 1 aliphatic carbocycles. The SMILES string of the molecule is O=C1N[C@]2(c3ccc(Cl)cc3)CCC(=O)N2[C@@H]2CC=CC[C@H]12. The number of carbonyl (C=O) groups is 2. The highest BCUT2D eigenvalue weighted by atomic mass is 35.5. The molecule has 1 aromatic rings. The Bertz CT molecular complexity index is 670. The number of benzene rings is 1. The molecule has 0 saturated carbocycles. The first-order chi connectivity index (χ1) is 10.6. The topological polar surface area (TPSA) is 49.4 Å². The van der Waals surface area contributed by atoms with E-state index in [1.807, 2.05) is 35.2 Å². The van der Waals surface area contributed by atoms with Crippen molar-refractivity contribution < 1.29 is 9.59 Å². The molecule has 2 aliphatic heterocycles. The first kappa shape index (κ1) is 13.8. The monoisotopic (exact) mass is 316 g/mol. The van der Waals surface area contributed by atoms with Gasteiger partial charge in [-0.15, -0.1) is 0 Å². The van der Waals surface area contributed by atoms with Crippen LogP contribution in [0.2, 0.25) is 5.02 Å². The lowest BCUT2D eigenvalue weighted by atomic mass is 9.81. The molecular weight excluding hydrogens is 300 g/mol. The molecule has 4 rings (SSSR count). The molecule has 114 valence electrons. The van der Waals surface area contributed by atoms with Crippen LogP contribution in [-0.4, -0.2) is 22.8 Å². The fraction of sp³-hybridized carbons (Fsp3) is 0.412. The Morgan fingerprint density at radius 2 is 1.86 bits per heavy atom. The fourth-order valence-corrected chi connectivity index (χ4v) is 4.20. The van der Waals surface area contributed by atoms with E-state index in [4.69, 9.17) is 11.6 Å². The summed E-state index contributed by atoms with van der Waals surface area (Å²) in [4.78, 5) is 27.1. The Labute approximate surface area is 134 Å². The van der Waals surface area contributed by atoms with Crippen molar-refractivity contribution in [3.05, 3.63) is 47.0 Å². The summed E-state index contributed by atoms with van der Waals surface area (Å²) in [6, 6.07) is 7.40. The van der Waals surface area contributed by atoms with E-state index in [0.29, 0.717) is 24.3 Å². The molecule has 1 aromatic carbocycles. The summed E-state index contributed by atoms with van der Waals surface area (Å²) in [5.74, 6) is 0.0444. The van der Waals surface area contributed by atoms with E-state index in [0.717, 1.165) is 12.0 Å². The fourth-order valence-electron chi connectivity index (χ4n) is 4.08. The maximum absolute atomic E-state index is 12.6. The summed E-state index contributed by atoms with van der Waals surface area (Å²) >= 11 is 5.98. The summed E-state index contributed by atoms with van der Waals surface area (Å²) < 4.78 is 0. The van der Waals surface area contributed by atoms with Gasteiger partial charge in [0.15, 0.2) is 0 Å². The van der Waals surface area contributed by atoms with Crippen LogP contribution in [0.5, 0.6) is 0 Å². The first-order valence-corrected chi connectivity index (χ1v) is 8.05. The van der Waals surface area contributed by atoms with Gasteiger partial charge in [-0.2, -0.15) is 0 Å². The zero-order valence-corrected chi connectivity index (χ0v) is 12.8. The van der Waals surface area contributed by atoms with Crippen molar-refractivity contribution in [1.29, 1.82) is 0 Å². The Balaban J connectivity index is 1.83. The van der Waals surface area contributed by atoms with Crippen molar-refractivity contribution in [2.75, 3.05) is 0 Å². The van der Waals surface area contributed by atoms with Crippen LogP contribution in [0.1, 0.15) is 31.2 Å². The molecule has 22 heavy (non-hydrogen) atoms. The standard InChI is InChI=1S/C17H17ClN2O2/c18-12-7-5-11(6-8-12)17-10-9-15(21)20(17)14-4-2-1-3-13(14)16(22)19-17/h1-2,5-8,13-14H,3-4,9-10H2,(H,19,22)/t13-,14+,17+/m0/s1. The number of amides is 2. The molecule has 3 aliphatic rings. The second-order valence-corrected chi connectivity index (χ2v) is 6.67. The van der Waals surface area contributed by atoms with Gasteiger partial charge in [-0.05, 0) is 30.5 Å². The maximum atomic E-state index is 12.6. The summed E-state index contributed by atoms with van der Waals surface area (Å²) in [5.41, 5.74) is 0.231. The van der Waals surface area contributed by atoms with Crippen molar-refractivity contribution >= 4 is 23.4 Å². The minimum atomic E-state index is -0.703. The number of rotatable bonds is 1. The molecule has 5 heteroatoms. The summed E-state index contributed by atoms with van der Waals surface area (Å²) in [6.07, 6.45) is 6.66. The van der Waals surface area contributed by atoms with Gasteiger partial charge in [0.2, 0.25) is 11.8 Å². The number of nitrogens with zero attached hydrogens (tertiary/aromatic N) is 1. The van der Waals surface area contributed by atoms with Crippen molar-refractivity contribution in [3.8, 4) is 0 Å². The van der Waals surface area contributed by atoms with Crippen LogP contribution in [0.15, 0.2) is 36.4 Å². The molecule has 0 radical (unpaired) electrons. The molecule has 1 N–H and O–H groups in total. The molecule has 0 aromatic heterocycles. The van der Waals surface area contributed by atoms with E-state index < -0.39 is 5.66 Å². The number of carbonyl (C=O) groups excluding carboxylic acids is 2. The highest BCUT2D eigenvalue weighted by Crippen LogP contribution is 2.45. The molecule has 0 spiro atoms. The maximum Gasteiger partial charge on any atom is 0.227 e. The third-order valence-electron chi connectivity index (χ3n) is 5.10. The van der Waals surface area contributed by atoms with Gasteiger partial charge < -0.3 is 10.2 Å². The molecule has 2 saturated heterocycles. The lowest BCUT2D eigenvalue weighted by Gasteiger charge is -2.51. The van der Waals surface area contributed by atoms with Crippen LogP contribution in [0, 0.1) is 5.92 Å². The Kier molecular flexibility index (Phi) is 3.05. The van der Waals surface area contributed by atoms with Crippen LogP contribution in [-0.2, 0) is 15.3 Å². The van der Waals surface area contributed by atoms with Crippen LogP contribution in [0.3, 0.4) is 0 Å². The van der Waals surface area contributed by atoms with E-state index in [1.54, 1.807) is 0 Å². The van der Waals surface area contributed by atoms with Crippen LogP contribution in [0.4, 0.5) is 0 Å². The van der Waals surface area contributed by atoms with E-state index in [9.17, 15) is 9.59 Å². The normalized spacial score (nSPS) is 33.4. The Morgan fingerprint density at radius 1 is 1.14 bits per heavy atom. The molecule has 2 heterocycles. The third kappa shape index (κ3) is 1.83. The molecule has 3 atom stereocenters. The van der Waals surface area contributed by atoms with Gasteiger partial charge in [0, 0.05) is 23.9 Å². The number of fused-ring (bicyclic) bond motifs is 3. The van der Waals surface area contributed by atoms with Crippen LogP contribution < -0.4 is 5.32 Å². The zero-order chi connectivity index (χ0) is 15.3.